The van der Waals surface area contributed by atoms with Gasteiger partial charge in [0.2, 0.25) is 6.79 Å². The topological polar surface area (TPSA) is 59.0 Å². The highest BCUT2D eigenvalue weighted by Gasteiger charge is 2.41. The Morgan fingerprint density at radius 2 is 1.77 bits per heavy atom. The molecule has 5 rings (SSSR count). The van der Waals surface area contributed by atoms with E-state index in [1.165, 1.54) is 0 Å². The maximum absolute atomic E-state index is 13.1. The van der Waals surface area contributed by atoms with Crippen molar-refractivity contribution in [2.75, 3.05) is 6.79 Å². The van der Waals surface area contributed by atoms with Crippen LogP contribution in [-0.2, 0) is 11.3 Å². The molecule has 30 heavy (non-hydrogen) atoms. The highest BCUT2D eigenvalue weighted by atomic mass is 79.9. The summed E-state index contributed by atoms with van der Waals surface area (Å²) in [5, 5.41) is 10.8. The van der Waals surface area contributed by atoms with Crippen LogP contribution in [0.25, 0.3) is 5.57 Å². The average molecular weight is 464 g/mol. The summed E-state index contributed by atoms with van der Waals surface area (Å²) in [6, 6.07) is 22.6. The van der Waals surface area contributed by atoms with Crippen LogP contribution in [-0.4, -0.2) is 22.7 Å². The van der Waals surface area contributed by atoms with E-state index in [2.05, 4.69) is 15.9 Å². The van der Waals surface area contributed by atoms with Crippen LogP contribution >= 0.6 is 15.9 Å². The first-order chi connectivity index (χ1) is 14.6. The number of aliphatic hydroxyl groups is 1. The van der Waals surface area contributed by atoms with E-state index in [0.717, 1.165) is 21.2 Å². The van der Waals surface area contributed by atoms with Gasteiger partial charge in [-0.05, 0) is 41.0 Å². The van der Waals surface area contributed by atoms with E-state index in [1.807, 2.05) is 72.8 Å². The van der Waals surface area contributed by atoms with Gasteiger partial charge >= 0.3 is 0 Å². The molecule has 3 aromatic rings. The molecule has 0 bridgehead atoms. The quantitative estimate of drug-likeness (QED) is 0.575. The number of halogens is 1. The predicted octanol–water partition coefficient (Wildman–Crippen LogP) is 5.23. The number of amides is 1. The maximum atomic E-state index is 13.1. The lowest BCUT2D eigenvalue weighted by molar-refractivity contribution is -0.130. The molecule has 1 N–H and O–H groups in total. The highest BCUT2D eigenvalue weighted by Crippen LogP contribution is 2.44. The van der Waals surface area contributed by atoms with Gasteiger partial charge in [-0.15, -0.1) is 0 Å². The number of aliphatic hydroxyl groups excluding tert-OH is 1. The zero-order chi connectivity index (χ0) is 20.7. The molecule has 5 nitrogen and oxygen atoms in total. The van der Waals surface area contributed by atoms with E-state index in [1.54, 1.807) is 4.90 Å². The van der Waals surface area contributed by atoms with Crippen LogP contribution in [0.1, 0.15) is 22.7 Å². The molecule has 0 radical (unpaired) electrons. The standard InChI is InChI=1S/C24H18BrNO4/c25-18-8-4-7-17(12-18)22-21(16-5-2-1-3-6-16)23(27)24(28)26(22)13-15-9-10-19-20(11-15)30-14-29-19/h1-12,22,27H,13-14H2/t22-/m1/s1. The Labute approximate surface area is 182 Å². The predicted molar refractivity (Wildman–Crippen MR) is 116 cm³/mol. The van der Waals surface area contributed by atoms with Crippen molar-refractivity contribution in [3.63, 3.8) is 0 Å². The van der Waals surface area contributed by atoms with Gasteiger partial charge < -0.3 is 19.5 Å². The molecule has 0 aliphatic carbocycles. The summed E-state index contributed by atoms with van der Waals surface area (Å²) >= 11 is 3.52. The molecular weight excluding hydrogens is 446 g/mol. The zero-order valence-corrected chi connectivity index (χ0v) is 17.5. The summed E-state index contributed by atoms with van der Waals surface area (Å²) in [7, 11) is 0. The summed E-state index contributed by atoms with van der Waals surface area (Å²) in [6.45, 7) is 0.523. The lowest BCUT2D eigenvalue weighted by atomic mass is 9.93. The van der Waals surface area contributed by atoms with Gasteiger partial charge in [-0.3, -0.25) is 4.79 Å². The van der Waals surface area contributed by atoms with E-state index in [0.29, 0.717) is 23.6 Å². The van der Waals surface area contributed by atoms with Gasteiger partial charge in [-0.1, -0.05) is 64.5 Å². The second kappa shape index (κ2) is 7.54. The Bertz CT molecular complexity index is 1160. The first kappa shape index (κ1) is 18.8. The summed E-state index contributed by atoms with van der Waals surface area (Å²) in [6.07, 6.45) is 0. The van der Waals surface area contributed by atoms with E-state index < -0.39 is 11.9 Å². The third-order valence-electron chi connectivity index (χ3n) is 5.34. The minimum absolute atomic E-state index is 0.197. The number of hydrogen-bond acceptors (Lipinski definition) is 4. The molecule has 0 spiro atoms. The second-order valence-corrected chi connectivity index (χ2v) is 8.12. The number of hydrogen-bond donors (Lipinski definition) is 1. The lowest BCUT2D eigenvalue weighted by Gasteiger charge is -2.27. The highest BCUT2D eigenvalue weighted by molar-refractivity contribution is 9.10. The normalized spacial score (nSPS) is 17.7. The summed E-state index contributed by atoms with van der Waals surface area (Å²) in [4.78, 5) is 14.8. The minimum atomic E-state index is -0.414. The van der Waals surface area contributed by atoms with Crippen molar-refractivity contribution < 1.29 is 19.4 Å². The molecule has 0 unspecified atom stereocenters. The molecule has 1 atom stereocenters. The minimum Gasteiger partial charge on any atom is -0.503 e. The summed E-state index contributed by atoms with van der Waals surface area (Å²) in [5.74, 6) is 0.753. The molecule has 0 aromatic heterocycles. The molecular formula is C24H18BrNO4. The molecule has 0 saturated carbocycles. The van der Waals surface area contributed by atoms with Gasteiger partial charge in [0.1, 0.15) is 0 Å². The fourth-order valence-corrected chi connectivity index (χ4v) is 4.41. The Kier molecular flexibility index (Phi) is 4.71. The zero-order valence-electron chi connectivity index (χ0n) is 15.9. The molecule has 6 heteroatoms. The number of carbonyl (C=O) groups is 1. The first-order valence-electron chi connectivity index (χ1n) is 9.55. The van der Waals surface area contributed by atoms with Crippen LogP contribution < -0.4 is 9.47 Å². The van der Waals surface area contributed by atoms with E-state index in [4.69, 9.17) is 9.47 Å². The maximum Gasteiger partial charge on any atom is 0.290 e. The summed E-state index contributed by atoms with van der Waals surface area (Å²) in [5.41, 5.74) is 3.25. The average Bonchev–Trinajstić information content (AvgIpc) is 3.32. The van der Waals surface area contributed by atoms with Crippen LogP contribution in [0.2, 0.25) is 0 Å². The van der Waals surface area contributed by atoms with E-state index in [9.17, 15) is 9.90 Å². The van der Waals surface area contributed by atoms with Crippen LogP contribution in [0.5, 0.6) is 11.5 Å². The Morgan fingerprint density at radius 1 is 0.967 bits per heavy atom. The monoisotopic (exact) mass is 463 g/mol. The molecule has 0 fully saturated rings. The number of nitrogens with zero attached hydrogens (tertiary/aromatic N) is 1. The number of carbonyl (C=O) groups excluding carboxylic acids is 1. The third kappa shape index (κ3) is 3.23. The molecule has 2 aliphatic heterocycles. The summed E-state index contributed by atoms with van der Waals surface area (Å²) < 4.78 is 11.8. The van der Waals surface area contributed by atoms with Crippen molar-refractivity contribution >= 4 is 27.4 Å². The molecule has 1 amide bonds. The van der Waals surface area contributed by atoms with Crippen molar-refractivity contribution in [3.8, 4) is 11.5 Å². The number of rotatable bonds is 4. The largest absolute Gasteiger partial charge is 0.503 e. The third-order valence-corrected chi connectivity index (χ3v) is 5.84. The van der Waals surface area contributed by atoms with E-state index >= 15 is 0 Å². The van der Waals surface area contributed by atoms with Crippen LogP contribution in [0.15, 0.2) is 83.0 Å². The van der Waals surface area contributed by atoms with Crippen molar-refractivity contribution in [1.29, 1.82) is 0 Å². The van der Waals surface area contributed by atoms with Crippen LogP contribution in [0.4, 0.5) is 0 Å². The van der Waals surface area contributed by atoms with Gasteiger partial charge in [0.05, 0.1) is 6.04 Å². The van der Waals surface area contributed by atoms with Gasteiger partial charge in [0, 0.05) is 16.6 Å². The first-order valence-corrected chi connectivity index (χ1v) is 10.3. The fourth-order valence-electron chi connectivity index (χ4n) is 3.99. The molecule has 2 heterocycles. The number of fused-ring (bicyclic) bond motifs is 1. The van der Waals surface area contributed by atoms with Crippen LogP contribution in [0, 0.1) is 0 Å². The van der Waals surface area contributed by atoms with Crippen molar-refractivity contribution in [2.45, 2.75) is 12.6 Å². The van der Waals surface area contributed by atoms with Gasteiger partial charge in [-0.25, -0.2) is 0 Å². The lowest BCUT2D eigenvalue weighted by Crippen LogP contribution is -2.29. The van der Waals surface area contributed by atoms with E-state index in [-0.39, 0.29) is 12.6 Å². The van der Waals surface area contributed by atoms with Crippen molar-refractivity contribution in [2.24, 2.45) is 0 Å². The van der Waals surface area contributed by atoms with Crippen molar-refractivity contribution in [1.82, 2.24) is 4.90 Å². The number of ether oxygens (including phenoxy) is 2. The molecule has 2 aliphatic rings. The molecule has 0 saturated heterocycles. The van der Waals surface area contributed by atoms with Gasteiger partial charge in [0.25, 0.3) is 5.91 Å². The van der Waals surface area contributed by atoms with Crippen LogP contribution in [0.3, 0.4) is 0 Å². The fraction of sp³-hybridized carbons (Fsp3) is 0.125. The molecule has 3 aromatic carbocycles. The molecule has 150 valence electrons. The Morgan fingerprint density at radius 3 is 2.57 bits per heavy atom. The van der Waals surface area contributed by atoms with Gasteiger partial charge in [0.15, 0.2) is 17.3 Å². The second-order valence-electron chi connectivity index (χ2n) is 7.21. The smallest absolute Gasteiger partial charge is 0.290 e. The van der Waals surface area contributed by atoms with Gasteiger partial charge in [-0.2, -0.15) is 0 Å². The SMILES string of the molecule is O=C1C(O)=C(c2ccccc2)[C@@H](c2cccc(Br)c2)N1Cc1ccc2c(c1)OCO2. The Balaban J connectivity index is 1.58. The number of benzene rings is 3. The van der Waals surface area contributed by atoms with Crippen molar-refractivity contribution in [3.05, 3.63) is 99.7 Å². The Hall–Kier alpha value is -3.25.